The van der Waals surface area contributed by atoms with E-state index in [4.69, 9.17) is 23.2 Å². The molecule has 0 bridgehead atoms. The summed E-state index contributed by atoms with van der Waals surface area (Å²) in [6, 6.07) is 2.72. The van der Waals surface area contributed by atoms with Gasteiger partial charge in [0.1, 0.15) is 4.90 Å². The summed E-state index contributed by atoms with van der Waals surface area (Å²) in [6.45, 7) is 4.70. The zero-order chi connectivity index (χ0) is 15.1. The second kappa shape index (κ2) is 5.81. The van der Waals surface area contributed by atoms with Crippen LogP contribution in [0.2, 0.25) is 10.0 Å². The Hall–Kier alpha value is -0.330. The number of halogens is 2. The van der Waals surface area contributed by atoms with Gasteiger partial charge in [0.15, 0.2) is 0 Å². The maximum Gasteiger partial charge on any atom is 0.244 e. The Kier molecular flexibility index (Phi) is 4.66. The van der Waals surface area contributed by atoms with Gasteiger partial charge in [-0.15, -0.1) is 0 Å². The van der Waals surface area contributed by atoms with Gasteiger partial charge >= 0.3 is 0 Å². The fourth-order valence-electron chi connectivity index (χ4n) is 2.30. The summed E-state index contributed by atoms with van der Waals surface area (Å²) in [5.74, 6) is 0.626. The van der Waals surface area contributed by atoms with Gasteiger partial charge in [-0.1, -0.05) is 37.0 Å². The third-order valence-corrected chi connectivity index (χ3v) is 6.49. The summed E-state index contributed by atoms with van der Waals surface area (Å²) in [5.41, 5.74) is 0.356. The van der Waals surface area contributed by atoms with Crippen molar-refractivity contribution < 1.29 is 13.5 Å². The molecule has 1 saturated heterocycles. The normalized spacial score (nSPS) is 24.2. The Morgan fingerprint density at radius 3 is 2.25 bits per heavy atom. The summed E-state index contributed by atoms with van der Waals surface area (Å²) < 4.78 is 26.7. The molecule has 1 aliphatic rings. The van der Waals surface area contributed by atoms with Crippen LogP contribution in [0.25, 0.3) is 0 Å². The Balaban J connectivity index is 2.45. The molecular weight excluding hydrogens is 321 g/mol. The van der Waals surface area contributed by atoms with Crippen LogP contribution < -0.4 is 0 Å². The van der Waals surface area contributed by atoms with E-state index in [0.29, 0.717) is 30.5 Å². The highest BCUT2D eigenvalue weighted by Gasteiger charge is 2.36. The van der Waals surface area contributed by atoms with E-state index in [1.54, 1.807) is 0 Å². The second-order valence-electron chi connectivity index (χ2n) is 5.31. The zero-order valence-electron chi connectivity index (χ0n) is 11.3. The molecule has 20 heavy (non-hydrogen) atoms. The SMILES string of the molecule is CC1CN(S(=O)(=O)c2cc(CO)c(Cl)cc2Cl)CC1C. The monoisotopic (exact) mass is 337 g/mol. The number of aliphatic hydroxyl groups excluding tert-OH is 1. The van der Waals surface area contributed by atoms with Crippen molar-refractivity contribution in [2.24, 2.45) is 11.8 Å². The molecule has 1 fully saturated rings. The highest BCUT2D eigenvalue weighted by Crippen LogP contribution is 2.34. The maximum absolute atomic E-state index is 12.6. The number of benzene rings is 1. The van der Waals surface area contributed by atoms with Gasteiger partial charge < -0.3 is 5.11 Å². The number of sulfonamides is 1. The first kappa shape index (κ1) is 16.0. The smallest absolute Gasteiger partial charge is 0.244 e. The van der Waals surface area contributed by atoms with E-state index in [1.807, 2.05) is 13.8 Å². The number of rotatable bonds is 3. The Labute approximate surface area is 129 Å². The van der Waals surface area contributed by atoms with Crippen LogP contribution >= 0.6 is 23.2 Å². The van der Waals surface area contributed by atoms with Crippen LogP contribution in [0.1, 0.15) is 19.4 Å². The number of hydrogen-bond acceptors (Lipinski definition) is 3. The summed E-state index contributed by atoms with van der Waals surface area (Å²) in [4.78, 5) is 0.00826. The Morgan fingerprint density at radius 1 is 1.20 bits per heavy atom. The molecular formula is C13H17Cl2NO3S. The Bertz CT molecular complexity index is 608. The van der Waals surface area contributed by atoms with Crippen LogP contribution in [-0.4, -0.2) is 30.9 Å². The van der Waals surface area contributed by atoms with Crippen molar-refractivity contribution in [1.82, 2.24) is 4.31 Å². The minimum Gasteiger partial charge on any atom is -0.392 e. The van der Waals surface area contributed by atoms with Crippen LogP contribution in [0.3, 0.4) is 0 Å². The zero-order valence-corrected chi connectivity index (χ0v) is 13.6. The van der Waals surface area contributed by atoms with Crippen molar-refractivity contribution in [1.29, 1.82) is 0 Å². The predicted octanol–water partition coefficient (Wildman–Crippen LogP) is 2.76. The van der Waals surface area contributed by atoms with Gasteiger partial charge in [0.2, 0.25) is 10.0 Å². The van der Waals surface area contributed by atoms with Gasteiger partial charge in [-0.25, -0.2) is 8.42 Å². The minimum absolute atomic E-state index is 0.00826. The number of aliphatic hydroxyl groups is 1. The van der Waals surface area contributed by atoms with E-state index in [9.17, 15) is 13.5 Å². The lowest BCUT2D eigenvalue weighted by Crippen LogP contribution is -2.29. The molecule has 112 valence electrons. The molecule has 1 N–H and O–H groups in total. The molecule has 0 aromatic heterocycles. The van der Waals surface area contributed by atoms with Gasteiger partial charge in [0, 0.05) is 18.1 Å². The molecule has 4 nitrogen and oxygen atoms in total. The Morgan fingerprint density at radius 2 is 1.75 bits per heavy atom. The molecule has 2 atom stereocenters. The first-order valence-corrected chi connectivity index (χ1v) is 8.56. The van der Waals surface area contributed by atoms with Crippen LogP contribution in [0.15, 0.2) is 17.0 Å². The molecule has 1 aromatic rings. The second-order valence-corrected chi connectivity index (χ2v) is 8.03. The lowest BCUT2D eigenvalue weighted by molar-refractivity contribution is 0.281. The van der Waals surface area contributed by atoms with Crippen LogP contribution in [0.4, 0.5) is 0 Å². The third kappa shape index (κ3) is 2.83. The van der Waals surface area contributed by atoms with Crippen molar-refractivity contribution in [3.63, 3.8) is 0 Å². The van der Waals surface area contributed by atoms with Gasteiger partial charge in [-0.05, 0) is 29.5 Å². The van der Waals surface area contributed by atoms with E-state index >= 15 is 0 Å². The largest absolute Gasteiger partial charge is 0.392 e. The summed E-state index contributed by atoms with van der Waals surface area (Å²) in [5, 5.41) is 9.56. The van der Waals surface area contributed by atoms with Crippen LogP contribution in [0, 0.1) is 11.8 Å². The molecule has 0 amide bonds. The maximum atomic E-state index is 12.6. The number of nitrogens with zero attached hydrogens (tertiary/aromatic N) is 1. The van der Waals surface area contributed by atoms with Crippen LogP contribution in [0.5, 0.6) is 0 Å². The topological polar surface area (TPSA) is 57.6 Å². The highest BCUT2D eigenvalue weighted by atomic mass is 35.5. The average molecular weight is 338 g/mol. The first-order valence-electron chi connectivity index (χ1n) is 6.36. The first-order chi connectivity index (χ1) is 9.27. The molecule has 7 heteroatoms. The van der Waals surface area contributed by atoms with E-state index in [0.717, 1.165) is 0 Å². The molecule has 2 rings (SSSR count). The van der Waals surface area contributed by atoms with E-state index in [2.05, 4.69) is 0 Å². The fourth-order valence-corrected chi connectivity index (χ4v) is 4.78. The van der Waals surface area contributed by atoms with Crippen molar-refractivity contribution in [2.45, 2.75) is 25.3 Å². The summed E-state index contributed by atoms with van der Waals surface area (Å²) in [6.07, 6.45) is 0. The van der Waals surface area contributed by atoms with Gasteiger partial charge in [0.05, 0.1) is 11.6 Å². The van der Waals surface area contributed by atoms with E-state index in [-0.39, 0.29) is 21.5 Å². The predicted molar refractivity (Wildman–Crippen MR) is 79.5 cm³/mol. The molecule has 0 spiro atoms. The van der Waals surface area contributed by atoms with Crippen molar-refractivity contribution >= 4 is 33.2 Å². The average Bonchev–Trinajstić information content (AvgIpc) is 2.70. The van der Waals surface area contributed by atoms with Gasteiger partial charge in [-0.3, -0.25) is 0 Å². The summed E-state index contributed by atoms with van der Waals surface area (Å²) >= 11 is 11.9. The van der Waals surface area contributed by atoms with Gasteiger partial charge in [0.25, 0.3) is 0 Å². The van der Waals surface area contributed by atoms with Gasteiger partial charge in [-0.2, -0.15) is 4.31 Å². The van der Waals surface area contributed by atoms with E-state index < -0.39 is 10.0 Å². The van der Waals surface area contributed by atoms with Crippen molar-refractivity contribution in [3.05, 3.63) is 27.7 Å². The summed E-state index contributed by atoms with van der Waals surface area (Å²) in [7, 11) is -3.65. The minimum atomic E-state index is -3.65. The molecule has 0 radical (unpaired) electrons. The lowest BCUT2D eigenvalue weighted by atomic mass is 10.0. The molecule has 1 aliphatic heterocycles. The standard InChI is InChI=1S/C13H17Cl2NO3S/c1-8-5-16(6-9(8)2)20(18,19)13-3-10(7-17)11(14)4-12(13)15/h3-4,8-9,17H,5-7H2,1-2H3. The molecule has 0 aliphatic carbocycles. The lowest BCUT2D eigenvalue weighted by Gasteiger charge is -2.18. The molecule has 1 aromatic carbocycles. The molecule has 2 unspecified atom stereocenters. The van der Waals surface area contributed by atoms with Crippen molar-refractivity contribution in [2.75, 3.05) is 13.1 Å². The van der Waals surface area contributed by atoms with Crippen LogP contribution in [-0.2, 0) is 16.6 Å². The fraction of sp³-hybridized carbons (Fsp3) is 0.538. The van der Waals surface area contributed by atoms with E-state index in [1.165, 1.54) is 16.4 Å². The highest BCUT2D eigenvalue weighted by molar-refractivity contribution is 7.89. The third-order valence-electron chi connectivity index (χ3n) is 3.84. The molecule has 1 heterocycles. The quantitative estimate of drug-likeness (QED) is 0.922. The number of hydrogen-bond donors (Lipinski definition) is 1. The van der Waals surface area contributed by atoms with Crippen molar-refractivity contribution in [3.8, 4) is 0 Å². The molecule has 0 saturated carbocycles.